The highest BCUT2D eigenvalue weighted by molar-refractivity contribution is 6.07. The zero-order chi connectivity index (χ0) is 15.7. The average molecular weight is 300 g/mol. The maximum atomic E-state index is 13.0. The Kier molecular flexibility index (Phi) is 3.96. The number of likely N-dealkylation sites (N-methyl/N-ethyl adjacent to an activating group) is 1. The highest BCUT2D eigenvalue weighted by Gasteiger charge is 2.40. The molecule has 0 radical (unpaired) electrons. The van der Waals surface area contributed by atoms with E-state index < -0.39 is 6.04 Å². The van der Waals surface area contributed by atoms with Gasteiger partial charge in [0.05, 0.1) is 12.3 Å². The third-order valence-electron chi connectivity index (χ3n) is 4.61. The molecule has 1 N–H and O–H groups in total. The van der Waals surface area contributed by atoms with Gasteiger partial charge in [-0.15, -0.1) is 0 Å². The lowest BCUT2D eigenvalue weighted by atomic mass is 9.82. The second kappa shape index (κ2) is 5.91. The minimum absolute atomic E-state index is 0.0375. The van der Waals surface area contributed by atoms with Gasteiger partial charge in [-0.1, -0.05) is 24.3 Å². The normalized spacial score (nSPS) is 23.9. The van der Waals surface area contributed by atoms with Crippen LogP contribution < -0.4 is 5.32 Å². The number of nitrogens with zero attached hydrogens (tertiary/aromatic N) is 1. The molecular formula is C17H20N2O3. The fourth-order valence-electron chi connectivity index (χ4n) is 3.53. The molecule has 22 heavy (non-hydrogen) atoms. The first-order valence-electron chi connectivity index (χ1n) is 7.83. The van der Waals surface area contributed by atoms with E-state index in [4.69, 9.17) is 0 Å². The number of hydrogen-bond donors (Lipinski definition) is 1. The van der Waals surface area contributed by atoms with Crippen LogP contribution in [0.1, 0.15) is 43.2 Å². The number of amides is 3. The highest BCUT2D eigenvalue weighted by atomic mass is 16.2. The van der Waals surface area contributed by atoms with E-state index in [1.54, 1.807) is 4.90 Å². The molecule has 1 aliphatic carbocycles. The van der Waals surface area contributed by atoms with Crippen molar-refractivity contribution < 1.29 is 14.4 Å². The summed E-state index contributed by atoms with van der Waals surface area (Å²) in [5.74, 6) is -0.896. The summed E-state index contributed by atoms with van der Waals surface area (Å²) in [6, 6.07) is 7.36. The van der Waals surface area contributed by atoms with Gasteiger partial charge in [0.2, 0.25) is 17.7 Å². The van der Waals surface area contributed by atoms with Crippen molar-refractivity contribution in [2.45, 2.75) is 44.6 Å². The Bertz CT molecular complexity index is 626. The fourth-order valence-corrected chi connectivity index (χ4v) is 3.53. The molecule has 0 aromatic heterocycles. The van der Waals surface area contributed by atoms with Crippen LogP contribution in [0.2, 0.25) is 0 Å². The molecule has 5 nitrogen and oxygen atoms in total. The summed E-state index contributed by atoms with van der Waals surface area (Å²) >= 11 is 0. The Morgan fingerprint density at radius 3 is 2.77 bits per heavy atom. The smallest absolute Gasteiger partial charge is 0.249 e. The Labute approximate surface area is 129 Å². The van der Waals surface area contributed by atoms with Crippen molar-refractivity contribution in [2.75, 3.05) is 6.54 Å². The monoisotopic (exact) mass is 300 g/mol. The number of carbonyl (C=O) groups is 3. The Morgan fingerprint density at radius 1 is 1.32 bits per heavy atom. The predicted octanol–water partition coefficient (Wildman–Crippen LogP) is 1.37. The molecule has 1 aliphatic heterocycles. The van der Waals surface area contributed by atoms with Gasteiger partial charge in [0, 0.05) is 6.54 Å². The van der Waals surface area contributed by atoms with Gasteiger partial charge in [-0.3, -0.25) is 19.7 Å². The molecular weight excluding hydrogens is 280 g/mol. The molecule has 116 valence electrons. The van der Waals surface area contributed by atoms with E-state index in [1.165, 1.54) is 5.56 Å². The SMILES string of the molecule is CCN(C(=O)[C@@H]1CCCc2ccccc21)[C@H]1CC(=O)NC1=O. The lowest BCUT2D eigenvalue weighted by molar-refractivity contribution is -0.140. The quantitative estimate of drug-likeness (QED) is 0.857. The number of imide groups is 1. The number of hydrogen-bond acceptors (Lipinski definition) is 3. The van der Waals surface area contributed by atoms with E-state index in [2.05, 4.69) is 11.4 Å². The maximum Gasteiger partial charge on any atom is 0.249 e. The molecule has 1 fully saturated rings. The first-order chi connectivity index (χ1) is 10.6. The van der Waals surface area contributed by atoms with Crippen molar-refractivity contribution in [3.8, 4) is 0 Å². The van der Waals surface area contributed by atoms with E-state index in [0.29, 0.717) is 6.54 Å². The lowest BCUT2D eigenvalue weighted by Gasteiger charge is -2.32. The van der Waals surface area contributed by atoms with Crippen molar-refractivity contribution in [2.24, 2.45) is 0 Å². The van der Waals surface area contributed by atoms with Crippen LogP contribution in [0.15, 0.2) is 24.3 Å². The molecule has 1 aromatic rings. The van der Waals surface area contributed by atoms with Gasteiger partial charge >= 0.3 is 0 Å². The third-order valence-corrected chi connectivity index (χ3v) is 4.61. The minimum atomic E-state index is -0.654. The van der Waals surface area contributed by atoms with Crippen LogP contribution in [-0.4, -0.2) is 35.2 Å². The van der Waals surface area contributed by atoms with E-state index in [9.17, 15) is 14.4 Å². The molecule has 5 heteroatoms. The predicted molar refractivity (Wildman–Crippen MR) is 81.1 cm³/mol. The van der Waals surface area contributed by atoms with Crippen molar-refractivity contribution in [3.05, 3.63) is 35.4 Å². The molecule has 0 saturated carbocycles. The number of rotatable bonds is 3. The summed E-state index contributed by atoms with van der Waals surface area (Å²) in [5, 5.41) is 2.29. The zero-order valence-corrected chi connectivity index (χ0v) is 12.7. The maximum absolute atomic E-state index is 13.0. The molecule has 0 unspecified atom stereocenters. The van der Waals surface area contributed by atoms with Crippen molar-refractivity contribution >= 4 is 17.7 Å². The third kappa shape index (κ3) is 2.51. The average Bonchev–Trinajstić information content (AvgIpc) is 2.86. The van der Waals surface area contributed by atoms with Crippen LogP contribution in [0.3, 0.4) is 0 Å². The topological polar surface area (TPSA) is 66.5 Å². The standard InChI is InChI=1S/C17H20N2O3/c1-2-19(14-10-15(20)18-16(14)21)17(22)13-9-5-7-11-6-3-4-8-12(11)13/h3-4,6,8,13-14H,2,5,7,9-10H2,1H3,(H,18,20,21)/t13-,14+/m1/s1. The van der Waals surface area contributed by atoms with E-state index in [0.717, 1.165) is 24.8 Å². The van der Waals surface area contributed by atoms with Crippen LogP contribution >= 0.6 is 0 Å². The van der Waals surface area contributed by atoms with Gasteiger partial charge in [-0.25, -0.2) is 0 Å². The second-order valence-electron chi connectivity index (χ2n) is 5.90. The summed E-state index contributed by atoms with van der Waals surface area (Å²) in [5.41, 5.74) is 2.29. The molecule has 1 heterocycles. The Balaban J connectivity index is 1.87. The molecule has 1 aromatic carbocycles. The van der Waals surface area contributed by atoms with Crippen molar-refractivity contribution in [3.63, 3.8) is 0 Å². The number of fused-ring (bicyclic) bond motifs is 1. The summed E-state index contributed by atoms with van der Waals surface area (Å²) in [4.78, 5) is 37.8. The van der Waals surface area contributed by atoms with Crippen LogP contribution in [0.25, 0.3) is 0 Å². The lowest BCUT2D eigenvalue weighted by Crippen LogP contribution is -2.46. The Morgan fingerprint density at radius 2 is 2.09 bits per heavy atom. The second-order valence-corrected chi connectivity index (χ2v) is 5.90. The minimum Gasteiger partial charge on any atom is -0.330 e. The van der Waals surface area contributed by atoms with E-state index >= 15 is 0 Å². The largest absolute Gasteiger partial charge is 0.330 e. The number of aryl methyl sites for hydroxylation is 1. The molecule has 0 bridgehead atoms. The van der Waals surface area contributed by atoms with Gasteiger partial charge in [-0.2, -0.15) is 0 Å². The highest BCUT2D eigenvalue weighted by Crippen LogP contribution is 2.33. The molecule has 1 saturated heterocycles. The molecule has 3 rings (SSSR count). The fraction of sp³-hybridized carbons (Fsp3) is 0.471. The Hall–Kier alpha value is -2.17. The number of nitrogens with one attached hydrogen (secondary N) is 1. The van der Waals surface area contributed by atoms with Crippen LogP contribution in [-0.2, 0) is 20.8 Å². The number of carbonyl (C=O) groups excluding carboxylic acids is 3. The molecule has 0 spiro atoms. The van der Waals surface area contributed by atoms with Gasteiger partial charge in [0.25, 0.3) is 0 Å². The van der Waals surface area contributed by atoms with Crippen molar-refractivity contribution in [1.82, 2.24) is 10.2 Å². The summed E-state index contributed by atoms with van der Waals surface area (Å²) in [7, 11) is 0. The van der Waals surface area contributed by atoms with Crippen LogP contribution in [0.5, 0.6) is 0 Å². The number of benzene rings is 1. The molecule has 2 atom stereocenters. The molecule has 3 amide bonds. The van der Waals surface area contributed by atoms with Gasteiger partial charge in [-0.05, 0) is 37.3 Å². The van der Waals surface area contributed by atoms with Gasteiger partial charge in [0.15, 0.2) is 0 Å². The summed E-state index contributed by atoms with van der Waals surface area (Å²) in [6.07, 6.45) is 2.84. The summed E-state index contributed by atoms with van der Waals surface area (Å²) < 4.78 is 0. The van der Waals surface area contributed by atoms with E-state index in [-0.39, 0.29) is 30.1 Å². The molecule has 2 aliphatic rings. The first kappa shape index (κ1) is 14.8. The van der Waals surface area contributed by atoms with Gasteiger partial charge in [0.1, 0.15) is 6.04 Å². The van der Waals surface area contributed by atoms with Gasteiger partial charge < -0.3 is 4.90 Å². The van der Waals surface area contributed by atoms with Crippen molar-refractivity contribution in [1.29, 1.82) is 0 Å². The van der Waals surface area contributed by atoms with E-state index in [1.807, 2.05) is 25.1 Å². The summed E-state index contributed by atoms with van der Waals surface area (Å²) in [6.45, 7) is 2.28. The first-order valence-corrected chi connectivity index (χ1v) is 7.83. The van der Waals surface area contributed by atoms with Crippen LogP contribution in [0.4, 0.5) is 0 Å². The zero-order valence-electron chi connectivity index (χ0n) is 12.7. The van der Waals surface area contributed by atoms with Crippen LogP contribution in [0, 0.1) is 0 Å².